The number of piperidine rings is 1. The number of rotatable bonds is 2. The summed E-state index contributed by atoms with van der Waals surface area (Å²) in [5.74, 6) is 1.90. The van der Waals surface area contributed by atoms with E-state index in [9.17, 15) is 0 Å². The van der Waals surface area contributed by atoms with Crippen molar-refractivity contribution in [3.63, 3.8) is 0 Å². The minimum absolute atomic E-state index is 0.459. The highest BCUT2D eigenvalue weighted by atomic mass is 79.9. The Morgan fingerprint density at radius 3 is 3.00 bits per heavy atom. The summed E-state index contributed by atoms with van der Waals surface area (Å²) in [5, 5.41) is 0. The van der Waals surface area contributed by atoms with Crippen LogP contribution >= 0.6 is 27.3 Å². The average molecular weight is 417 g/mol. The number of halogens is 1. The molecule has 132 valence electrons. The van der Waals surface area contributed by atoms with Gasteiger partial charge in [-0.2, -0.15) is 0 Å². The zero-order chi connectivity index (χ0) is 16.6. The van der Waals surface area contributed by atoms with E-state index < -0.39 is 0 Å². The minimum atomic E-state index is 0.459. The highest BCUT2D eigenvalue weighted by Gasteiger charge is 2.54. The molecule has 3 aliphatic carbocycles. The maximum Gasteiger partial charge on any atom is 0.160 e. The van der Waals surface area contributed by atoms with E-state index in [0.717, 1.165) is 21.8 Å². The molecule has 25 heavy (non-hydrogen) atoms. The second kappa shape index (κ2) is 5.53. The van der Waals surface area contributed by atoms with Crippen LogP contribution in [0.15, 0.2) is 16.0 Å². The fraction of sp³-hybridized carbons (Fsp3) is 0.667. The zero-order valence-electron chi connectivity index (χ0n) is 14.6. The number of likely N-dealkylation sites (tertiary alicyclic amines) is 1. The molecule has 1 aromatic carbocycles. The number of hydrogen-bond acceptors (Lipinski definition) is 3. The molecule has 2 nitrogen and oxygen atoms in total. The Kier molecular flexibility index (Phi) is 3.45. The summed E-state index contributed by atoms with van der Waals surface area (Å²) in [4.78, 5) is 7.65. The van der Waals surface area contributed by atoms with Gasteiger partial charge in [-0.25, -0.2) is 4.98 Å². The normalized spacial score (nSPS) is 34.8. The number of aromatic nitrogens is 1. The Labute approximate surface area is 162 Å². The van der Waals surface area contributed by atoms with E-state index in [0.29, 0.717) is 5.41 Å². The first kappa shape index (κ1) is 15.6. The lowest BCUT2D eigenvalue weighted by molar-refractivity contribution is -0.0132. The molecule has 0 amide bonds. The molecule has 0 radical (unpaired) electrons. The molecular formula is C21H25BrN2S. The summed E-state index contributed by atoms with van der Waals surface area (Å²) in [7, 11) is 0. The van der Waals surface area contributed by atoms with Crippen LogP contribution in [0.1, 0.15) is 56.1 Å². The van der Waals surface area contributed by atoms with Gasteiger partial charge in [0, 0.05) is 18.0 Å². The highest BCUT2D eigenvalue weighted by Crippen LogP contribution is 2.56. The van der Waals surface area contributed by atoms with Gasteiger partial charge in [0.25, 0.3) is 0 Å². The molecule has 1 aromatic heterocycles. The van der Waals surface area contributed by atoms with Gasteiger partial charge in [-0.15, -0.1) is 11.3 Å². The Bertz CT molecular complexity index is 842. The van der Waals surface area contributed by atoms with Gasteiger partial charge in [-0.3, -0.25) is 4.90 Å². The number of hydrogen-bond donors (Lipinski definition) is 0. The van der Waals surface area contributed by atoms with Crippen molar-refractivity contribution < 1.29 is 0 Å². The van der Waals surface area contributed by atoms with E-state index >= 15 is 0 Å². The van der Waals surface area contributed by atoms with Gasteiger partial charge in [0.15, 0.2) is 3.92 Å². The predicted molar refractivity (Wildman–Crippen MR) is 107 cm³/mol. The molecule has 1 saturated heterocycles. The van der Waals surface area contributed by atoms with E-state index in [4.69, 9.17) is 4.98 Å². The molecule has 3 fully saturated rings. The molecule has 4 aliphatic rings. The number of nitrogens with zero attached hydrogens (tertiary/aromatic N) is 2. The fourth-order valence-corrected chi connectivity index (χ4v) is 7.80. The molecule has 6 rings (SSSR count). The molecule has 2 aromatic rings. The Morgan fingerprint density at radius 2 is 2.12 bits per heavy atom. The lowest BCUT2D eigenvalue weighted by Gasteiger charge is -2.59. The van der Waals surface area contributed by atoms with Crippen molar-refractivity contribution >= 4 is 37.5 Å². The van der Waals surface area contributed by atoms with Crippen LogP contribution in [-0.2, 0) is 11.8 Å². The van der Waals surface area contributed by atoms with Crippen molar-refractivity contribution in [2.45, 2.75) is 62.8 Å². The summed E-state index contributed by atoms with van der Waals surface area (Å²) < 4.78 is 2.39. The smallest absolute Gasteiger partial charge is 0.160 e. The van der Waals surface area contributed by atoms with Gasteiger partial charge in [-0.05, 0) is 96.1 Å². The standard InChI is InChI=1S/C21H25BrN2S/c22-20-23-17-11-16-14(10-19(17)25-20)9-18-15-3-1-2-6-21(15,16)7-8-24(18)12-13-4-5-13/h10-11,13,15,18H,1-9,12H2/t15-,18+,21+/m0/s1. The van der Waals surface area contributed by atoms with Crippen LogP contribution in [0.4, 0.5) is 0 Å². The van der Waals surface area contributed by atoms with Crippen LogP contribution in [0.2, 0.25) is 0 Å². The van der Waals surface area contributed by atoms with Crippen molar-refractivity contribution in [3.8, 4) is 0 Å². The van der Waals surface area contributed by atoms with Crippen LogP contribution < -0.4 is 0 Å². The lowest BCUT2D eigenvalue weighted by atomic mass is 9.52. The average Bonchev–Trinajstić information content (AvgIpc) is 3.35. The van der Waals surface area contributed by atoms with Crippen LogP contribution in [0.25, 0.3) is 10.2 Å². The summed E-state index contributed by atoms with van der Waals surface area (Å²) in [6.45, 7) is 2.71. The molecule has 2 bridgehead atoms. The van der Waals surface area contributed by atoms with Crippen molar-refractivity contribution in [1.82, 2.24) is 9.88 Å². The summed E-state index contributed by atoms with van der Waals surface area (Å²) >= 11 is 5.39. The molecule has 0 unspecified atom stereocenters. The van der Waals surface area contributed by atoms with Crippen LogP contribution in [0, 0.1) is 11.8 Å². The van der Waals surface area contributed by atoms with Crippen molar-refractivity contribution in [3.05, 3.63) is 27.2 Å². The number of thiazole rings is 1. The van der Waals surface area contributed by atoms with Gasteiger partial charge in [0.1, 0.15) is 0 Å². The third kappa shape index (κ3) is 2.33. The summed E-state index contributed by atoms with van der Waals surface area (Å²) in [6, 6.07) is 5.78. The molecule has 4 heteroatoms. The second-order valence-corrected chi connectivity index (χ2v) is 11.2. The first-order valence-corrected chi connectivity index (χ1v) is 11.7. The first-order valence-electron chi connectivity index (χ1n) is 10.1. The molecule has 1 aliphatic heterocycles. The van der Waals surface area contributed by atoms with Crippen molar-refractivity contribution in [2.24, 2.45) is 11.8 Å². The predicted octanol–water partition coefficient (Wildman–Crippen LogP) is 5.53. The maximum absolute atomic E-state index is 4.75. The SMILES string of the molecule is Brc1nc2cc3c(cc2s1)C[C@@H]1[C@@H]2CCCC[C@]32CCN1CC1CC1. The quantitative estimate of drug-likeness (QED) is 0.639. The van der Waals surface area contributed by atoms with E-state index in [1.807, 2.05) is 0 Å². The molecular weight excluding hydrogens is 392 g/mol. The second-order valence-electron chi connectivity index (χ2n) is 8.91. The van der Waals surface area contributed by atoms with Gasteiger partial charge >= 0.3 is 0 Å². The number of fused-ring (bicyclic) bond motifs is 2. The van der Waals surface area contributed by atoms with Crippen molar-refractivity contribution in [2.75, 3.05) is 13.1 Å². The van der Waals surface area contributed by atoms with Gasteiger partial charge in [-0.1, -0.05) is 12.8 Å². The van der Waals surface area contributed by atoms with E-state index in [-0.39, 0.29) is 0 Å². The Hall–Kier alpha value is -0.450. The summed E-state index contributed by atoms with van der Waals surface area (Å²) in [5.41, 5.74) is 5.01. The summed E-state index contributed by atoms with van der Waals surface area (Å²) in [6.07, 6.45) is 11.3. The van der Waals surface area contributed by atoms with E-state index in [2.05, 4.69) is 33.0 Å². The van der Waals surface area contributed by atoms with Gasteiger partial charge in [0.05, 0.1) is 10.2 Å². The Morgan fingerprint density at radius 1 is 1.20 bits per heavy atom. The van der Waals surface area contributed by atoms with Crippen molar-refractivity contribution in [1.29, 1.82) is 0 Å². The first-order chi connectivity index (χ1) is 12.2. The monoisotopic (exact) mass is 416 g/mol. The topological polar surface area (TPSA) is 16.1 Å². The third-order valence-corrected chi connectivity index (χ3v) is 9.09. The Balaban J connectivity index is 1.50. The molecule has 3 atom stereocenters. The third-order valence-electron chi connectivity index (χ3n) is 7.62. The largest absolute Gasteiger partial charge is 0.299 e. The van der Waals surface area contributed by atoms with Gasteiger partial charge in [0.2, 0.25) is 0 Å². The van der Waals surface area contributed by atoms with Crippen LogP contribution in [0.5, 0.6) is 0 Å². The van der Waals surface area contributed by atoms with Gasteiger partial charge < -0.3 is 0 Å². The van der Waals surface area contributed by atoms with E-state index in [1.54, 1.807) is 22.5 Å². The minimum Gasteiger partial charge on any atom is -0.299 e. The zero-order valence-corrected chi connectivity index (χ0v) is 17.0. The molecule has 0 spiro atoms. The van der Waals surface area contributed by atoms with E-state index in [1.165, 1.54) is 74.7 Å². The fourth-order valence-electron chi connectivity index (χ4n) is 6.35. The molecule has 2 saturated carbocycles. The lowest BCUT2D eigenvalue weighted by Crippen LogP contribution is -2.61. The number of benzene rings is 1. The van der Waals surface area contributed by atoms with Crippen LogP contribution in [-0.4, -0.2) is 29.0 Å². The molecule has 0 N–H and O–H groups in total. The van der Waals surface area contributed by atoms with Crippen LogP contribution in [0.3, 0.4) is 0 Å². The molecule has 2 heterocycles. The highest BCUT2D eigenvalue weighted by molar-refractivity contribution is 9.11. The maximum atomic E-state index is 4.75.